The Morgan fingerprint density at radius 1 is 1.62 bits per heavy atom. The third kappa shape index (κ3) is 2.98. The number of hydrogen-bond donors (Lipinski definition) is 1. The predicted octanol–water partition coefficient (Wildman–Crippen LogP) is 1.50. The van der Waals surface area contributed by atoms with E-state index in [1.54, 1.807) is 0 Å². The van der Waals surface area contributed by atoms with Crippen molar-refractivity contribution < 1.29 is 0 Å². The van der Waals surface area contributed by atoms with Gasteiger partial charge in [0.15, 0.2) is 0 Å². The van der Waals surface area contributed by atoms with Gasteiger partial charge in [0.05, 0.1) is 0 Å². The summed E-state index contributed by atoms with van der Waals surface area (Å²) in [6.45, 7) is 5.33. The summed E-state index contributed by atoms with van der Waals surface area (Å²) >= 11 is 2.04. The SMILES string of the molecule is CC(C)n1cnnc1CCNC1CCSC1. The van der Waals surface area contributed by atoms with Gasteiger partial charge in [-0.3, -0.25) is 0 Å². The molecule has 5 heteroatoms. The van der Waals surface area contributed by atoms with E-state index in [0.717, 1.165) is 18.8 Å². The Kier molecular flexibility index (Phi) is 4.23. The van der Waals surface area contributed by atoms with E-state index in [1.807, 2.05) is 18.1 Å². The molecule has 1 aromatic rings. The van der Waals surface area contributed by atoms with E-state index in [0.29, 0.717) is 12.1 Å². The van der Waals surface area contributed by atoms with Gasteiger partial charge < -0.3 is 9.88 Å². The fourth-order valence-corrected chi connectivity index (χ4v) is 3.15. The zero-order valence-electron chi connectivity index (χ0n) is 10.0. The Hall–Kier alpha value is -0.550. The maximum absolute atomic E-state index is 4.17. The van der Waals surface area contributed by atoms with Crippen molar-refractivity contribution in [3.05, 3.63) is 12.2 Å². The molecule has 0 amide bonds. The quantitative estimate of drug-likeness (QED) is 0.847. The van der Waals surface area contributed by atoms with Crippen molar-refractivity contribution in [3.63, 3.8) is 0 Å². The van der Waals surface area contributed by atoms with Crippen molar-refractivity contribution >= 4 is 11.8 Å². The van der Waals surface area contributed by atoms with Crippen LogP contribution in [0.15, 0.2) is 6.33 Å². The van der Waals surface area contributed by atoms with Crippen LogP contribution in [0.1, 0.15) is 32.1 Å². The van der Waals surface area contributed by atoms with Gasteiger partial charge in [-0.15, -0.1) is 10.2 Å². The summed E-state index contributed by atoms with van der Waals surface area (Å²) in [4.78, 5) is 0. The minimum absolute atomic E-state index is 0.451. The zero-order valence-corrected chi connectivity index (χ0v) is 10.8. The summed E-state index contributed by atoms with van der Waals surface area (Å²) in [5, 5.41) is 11.7. The molecular weight excluding hydrogens is 220 g/mol. The van der Waals surface area contributed by atoms with E-state index in [2.05, 4.69) is 33.9 Å². The van der Waals surface area contributed by atoms with Crippen LogP contribution in [0.2, 0.25) is 0 Å². The summed E-state index contributed by atoms with van der Waals surface area (Å²) in [6, 6.07) is 1.16. The Labute approximate surface area is 101 Å². The number of nitrogens with one attached hydrogen (secondary N) is 1. The number of nitrogens with zero attached hydrogens (tertiary/aromatic N) is 3. The molecule has 4 nitrogen and oxygen atoms in total. The van der Waals surface area contributed by atoms with Crippen LogP contribution in [0, 0.1) is 0 Å². The van der Waals surface area contributed by atoms with E-state index < -0.39 is 0 Å². The first-order valence-electron chi connectivity index (χ1n) is 5.97. The highest BCUT2D eigenvalue weighted by atomic mass is 32.2. The van der Waals surface area contributed by atoms with E-state index in [-0.39, 0.29) is 0 Å². The molecule has 1 unspecified atom stereocenters. The Morgan fingerprint density at radius 2 is 2.50 bits per heavy atom. The standard InChI is InChI=1S/C11H20N4S/c1-9(2)15-8-13-14-11(15)3-5-12-10-4-6-16-7-10/h8-10,12H,3-7H2,1-2H3. The van der Waals surface area contributed by atoms with Gasteiger partial charge in [0.1, 0.15) is 12.2 Å². The van der Waals surface area contributed by atoms with Crippen LogP contribution >= 0.6 is 11.8 Å². The molecule has 0 aliphatic carbocycles. The van der Waals surface area contributed by atoms with Crippen LogP contribution in [-0.2, 0) is 6.42 Å². The summed E-state index contributed by atoms with van der Waals surface area (Å²) < 4.78 is 2.14. The number of thioether (sulfide) groups is 1. The molecule has 1 aliphatic rings. The number of rotatable bonds is 5. The van der Waals surface area contributed by atoms with Gasteiger partial charge in [0.2, 0.25) is 0 Å². The molecule has 2 heterocycles. The van der Waals surface area contributed by atoms with Crippen LogP contribution in [-0.4, -0.2) is 38.9 Å². The van der Waals surface area contributed by atoms with Gasteiger partial charge in [-0.05, 0) is 26.0 Å². The van der Waals surface area contributed by atoms with E-state index >= 15 is 0 Å². The second-order valence-electron chi connectivity index (χ2n) is 4.51. The highest BCUT2D eigenvalue weighted by Gasteiger charge is 2.14. The lowest BCUT2D eigenvalue weighted by Crippen LogP contribution is -2.31. The molecule has 1 fully saturated rings. The molecule has 0 spiro atoms. The molecule has 1 aliphatic heterocycles. The van der Waals surface area contributed by atoms with Crippen LogP contribution < -0.4 is 5.32 Å². The van der Waals surface area contributed by atoms with Gasteiger partial charge in [-0.1, -0.05) is 0 Å². The van der Waals surface area contributed by atoms with Crippen molar-refractivity contribution in [2.45, 2.75) is 38.8 Å². The van der Waals surface area contributed by atoms with E-state index in [4.69, 9.17) is 0 Å². The van der Waals surface area contributed by atoms with Crippen molar-refractivity contribution in [1.82, 2.24) is 20.1 Å². The molecule has 1 saturated heterocycles. The van der Waals surface area contributed by atoms with Crippen LogP contribution in [0.25, 0.3) is 0 Å². The van der Waals surface area contributed by atoms with Gasteiger partial charge in [0, 0.05) is 30.8 Å². The first-order chi connectivity index (χ1) is 7.77. The predicted molar refractivity (Wildman–Crippen MR) is 67.8 cm³/mol. The molecule has 0 radical (unpaired) electrons. The molecule has 1 N–H and O–H groups in total. The Balaban J connectivity index is 1.78. The third-order valence-corrected chi connectivity index (χ3v) is 4.08. The second kappa shape index (κ2) is 5.68. The Morgan fingerprint density at radius 3 is 3.19 bits per heavy atom. The van der Waals surface area contributed by atoms with Gasteiger partial charge in [-0.2, -0.15) is 11.8 Å². The Bertz CT molecular complexity index is 318. The average Bonchev–Trinajstić information content (AvgIpc) is 2.87. The number of hydrogen-bond acceptors (Lipinski definition) is 4. The van der Waals surface area contributed by atoms with E-state index in [1.165, 1.54) is 17.9 Å². The lowest BCUT2D eigenvalue weighted by molar-refractivity contribution is 0.526. The molecule has 0 aromatic carbocycles. The smallest absolute Gasteiger partial charge is 0.134 e. The molecule has 2 rings (SSSR count). The summed E-state index contributed by atoms with van der Waals surface area (Å²) in [7, 11) is 0. The molecule has 90 valence electrons. The first-order valence-corrected chi connectivity index (χ1v) is 7.12. The highest BCUT2D eigenvalue weighted by molar-refractivity contribution is 7.99. The van der Waals surface area contributed by atoms with Crippen LogP contribution in [0.3, 0.4) is 0 Å². The normalized spacial score (nSPS) is 20.8. The third-order valence-electron chi connectivity index (χ3n) is 2.91. The minimum atomic E-state index is 0.451. The fourth-order valence-electron chi connectivity index (χ4n) is 1.96. The summed E-state index contributed by atoms with van der Waals surface area (Å²) in [5.41, 5.74) is 0. The monoisotopic (exact) mass is 240 g/mol. The zero-order chi connectivity index (χ0) is 11.4. The maximum Gasteiger partial charge on any atom is 0.134 e. The van der Waals surface area contributed by atoms with Gasteiger partial charge in [0.25, 0.3) is 0 Å². The molecule has 0 bridgehead atoms. The minimum Gasteiger partial charge on any atom is -0.315 e. The largest absolute Gasteiger partial charge is 0.315 e. The molecule has 1 aromatic heterocycles. The number of aromatic nitrogens is 3. The molecule has 1 atom stereocenters. The van der Waals surface area contributed by atoms with Crippen LogP contribution in [0.4, 0.5) is 0 Å². The summed E-state index contributed by atoms with van der Waals surface area (Å²) in [6.07, 6.45) is 4.10. The van der Waals surface area contributed by atoms with Crippen molar-refractivity contribution in [3.8, 4) is 0 Å². The lowest BCUT2D eigenvalue weighted by atomic mass is 10.2. The lowest BCUT2D eigenvalue weighted by Gasteiger charge is -2.12. The van der Waals surface area contributed by atoms with Crippen molar-refractivity contribution in [2.75, 3.05) is 18.1 Å². The summed E-state index contributed by atoms with van der Waals surface area (Å²) in [5.74, 6) is 3.66. The van der Waals surface area contributed by atoms with Crippen molar-refractivity contribution in [1.29, 1.82) is 0 Å². The second-order valence-corrected chi connectivity index (χ2v) is 5.66. The maximum atomic E-state index is 4.17. The highest BCUT2D eigenvalue weighted by Crippen LogP contribution is 2.16. The van der Waals surface area contributed by atoms with Crippen LogP contribution in [0.5, 0.6) is 0 Å². The van der Waals surface area contributed by atoms with Gasteiger partial charge >= 0.3 is 0 Å². The fraction of sp³-hybridized carbons (Fsp3) is 0.818. The van der Waals surface area contributed by atoms with Crippen molar-refractivity contribution in [2.24, 2.45) is 0 Å². The van der Waals surface area contributed by atoms with Gasteiger partial charge in [-0.25, -0.2) is 0 Å². The first kappa shape index (κ1) is 11.9. The topological polar surface area (TPSA) is 42.7 Å². The van der Waals surface area contributed by atoms with E-state index in [9.17, 15) is 0 Å². The molecular formula is C11H20N4S. The molecule has 0 saturated carbocycles. The average molecular weight is 240 g/mol. The molecule has 16 heavy (non-hydrogen) atoms.